The number of rotatable bonds is 3. The Morgan fingerprint density at radius 3 is 2.55 bits per heavy atom. The van der Waals surface area contributed by atoms with Gasteiger partial charge in [-0.1, -0.05) is 0 Å². The Bertz CT molecular complexity index is 996. The predicted octanol–water partition coefficient (Wildman–Crippen LogP) is 3.27. The monoisotopic (exact) mass is 335 g/mol. The first-order chi connectivity index (χ1) is 10.3. The fourth-order valence-electron chi connectivity index (χ4n) is 2.01. The van der Waals surface area contributed by atoms with Crippen molar-refractivity contribution < 1.29 is 12.8 Å². The van der Waals surface area contributed by atoms with Crippen molar-refractivity contribution in [2.24, 2.45) is 0 Å². The molecule has 22 heavy (non-hydrogen) atoms. The molecule has 0 aliphatic rings. The Morgan fingerprint density at radius 1 is 1.09 bits per heavy atom. The number of thiophene rings is 1. The minimum atomic E-state index is -3.62. The molecule has 0 saturated heterocycles. The second kappa shape index (κ2) is 5.26. The molecule has 0 radical (unpaired) electrons. The summed E-state index contributed by atoms with van der Waals surface area (Å²) < 4.78 is 32.6. The third-order valence-corrected chi connectivity index (χ3v) is 6.29. The van der Waals surface area contributed by atoms with Crippen LogP contribution in [-0.2, 0) is 10.0 Å². The molecule has 0 amide bonds. The molecule has 0 saturated carbocycles. The molecule has 2 aromatic heterocycles. The molecule has 0 fully saturated rings. The van der Waals surface area contributed by atoms with E-state index in [9.17, 15) is 13.2 Å². The molecular formula is C15H13NO4S2. The van der Waals surface area contributed by atoms with Crippen LogP contribution < -0.4 is 10.3 Å². The molecule has 7 heteroatoms. The van der Waals surface area contributed by atoms with E-state index in [1.54, 1.807) is 30.3 Å². The molecule has 0 aliphatic carbocycles. The fourth-order valence-corrected chi connectivity index (χ4v) is 4.58. The van der Waals surface area contributed by atoms with Gasteiger partial charge in [0.15, 0.2) is 0 Å². The largest absolute Gasteiger partial charge is 0.423 e. The lowest BCUT2D eigenvalue weighted by atomic mass is 10.2. The summed E-state index contributed by atoms with van der Waals surface area (Å²) in [6.45, 7) is 3.76. The number of benzene rings is 1. The number of aryl methyl sites for hydroxylation is 2. The first kappa shape index (κ1) is 14.8. The Kier molecular flexibility index (Phi) is 3.54. The van der Waals surface area contributed by atoms with E-state index in [0.29, 0.717) is 16.7 Å². The average molecular weight is 335 g/mol. The van der Waals surface area contributed by atoms with Crippen molar-refractivity contribution >= 4 is 38.0 Å². The van der Waals surface area contributed by atoms with Gasteiger partial charge in [-0.05, 0) is 49.7 Å². The van der Waals surface area contributed by atoms with Crippen LogP contribution in [0.3, 0.4) is 0 Å². The summed E-state index contributed by atoms with van der Waals surface area (Å²) in [5.41, 5.74) is 1.35. The maximum absolute atomic E-state index is 12.4. The number of hydrogen-bond donors (Lipinski definition) is 1. The maximum Gasteiger partial charge on any atom is 0.336 e. The Hall–Kier alpha value is -2.12. The van der Waals surface area contributed by atoms with E-state index in [1.807, 2.05) is 13.8 Å². The van der Waals surface area contributed by atoms with Crippen molar-refractivity contribution in [1.29, 1.82) is 0 Å². The van der Waals surface area contributed by atoms with Crippen molar-refractivity contribution in [1.82, 2.24) is 0 Å². The minimum absolute atomic E-state index is 0.280. The molecule has 0 spiro atoms. The first-order valence-electron chi connectivity index (χ1n) is 6.49. The molecule has 1 N–H and O–H groups in total. The molecule has 3 aromatic rings. The molecule has 3 rings (SSSR count). The van der Waals surface area contributed by atoms with Gasteiger partial charge in [-0.3, -0.25) is 4.72 Å². The van der Waals surface area contributed by atoms with E-state index in [0.717, 1.165) is 10.4 Å². The predicted molar refractivity (Wildman–Crippen MR) is 87.1 cm³/mol. The van der Waals surface area contributed by atoms with Crippen molar-refractivity contribution in [2.45, 2.75) is 18.1 Å². The molecule has 1 aromatic carbocycles. The number of fused-ring (bicyclic) bond motifs is 1. The van der Waals surface area contributed by atoms with Gasteiger partial charge in [0.1, 0.15) is 9.79 Å². The number of anilines is 1. The van der Waals surface area contributed by atoms with Crippen LogP contribution in [0.1, 0.15) is 10.4 Å². The van der Waals surface area contributed by atoms with E-state index in [1.165, 1.54) is 17.4 Å². The van der Waals surface area contributed by atoms with E-state index < -0.39 is 15.6 Å². The van der Waals surface area contributed by atoms with Crippen LogP contribution in [0.2, 0.25) is 0 Å². The van der Waals surface area contributed by atoms with E-state index in [4.69, 9.17) is 4.42 Å². The van der Waals surface area contributed by atoms with Crippen LogP contribution in [0, 0.1) is 13.8 Å². The third kappa shape index (κ3) is 2.77. The molecule has 5 nitrogen and oxygen atoms in total. The summed E-state index contributed by atoms with van der Waals surface area (Å²) in [6, 6.07) is 9.31. The highest BCUT2D eigenvalue weighted by atomic mass is 32.2. The molecule has 2 heterocycles. The summed E-state index contributed by atoms with van der Waals surface area (Å²) in [7, 11) is -3.62. The molecule has 0 bridgehead atoms. The van der Waals surface area contributed by atoms with Crippen molar-refractivity contribution in [3.05, 3.63) is 57.3 Å². The normalized spacial score (nSPS) is 11.7. The quantitative estimate of drug-likeness (QED) is 0.745. The lowest BCUT2D eigenvalue weighted by Gasteiger charge is -2.06. The number of nitrogens with one attached hydrogen (secondary N) is 1. The van der Waals surface area contributed by atoms with Crippen LogP contribution in [-0.4, -0.2) is 8.42 Å². The highest BCUT2D eigenvalue weighted by Gasteiger charge is 2.18. The summed E-state index contributed by atoms with van der Waals surface area (Å²) in [6.07, 6.45) is 0. The topological polar surface area (TPSA) is 76.4 Å². The van der Waals surface area contributed by atoms with E-state index in [2.05, 4.69) is 4.72 Å². The first-order valence-corrected chi connectivity index (χ1v) is 8.79. The van der Waals surface area contributed by atoms with E-state index in [-0.39, 0.29) is 4.21 Å². The zero-order valence-corrected chi connectivity index (χ0v) is 13.5. The van der Waals surface area contributed by atoms with Crippen LogP contribution in [0.25, 0.3) is 11.0 Å². The summed E-state index contributed by atoms with van der Waals surface area (Å²) in [4.78, 5) is 12.1. The summed E-state index contributed by atoms with van der Waals surface area (Å²) in [5, 5.41) is 0.651. The Morgan fingerprint density at radius 2 is 1.86 bits per heavy atom. The number of hydrogen-bond acceptors (Lipinski definition) is 5. The minimum Gasteiger partial charge on any atom is -0.423 e. The third-order valence-electron chi connectivity index (χ3n) is 3.28. The highest BCUT2D eigenvalue weighted by Crippen LogP contribution is 2.27. The Balaban J connectivity index is 1.98. The highest BCUT2D eigenvalue weighted by molar-refractivity contribution is 7.94. The fraction of sp³-hybridized carbons (Fsp3) is 0.133. The van der Waals surface area contributed by atoms with Gasteiger partial charge in [-0.2, -0.15) is 0 Å². The molecule has 0 aliphatic heterocycles. The average Bonchev–Trinajstić information content (AvgIpc) is 2.79. The molecule has 114 valence electrons. The zero-order valence-electron chi connectivity index (χ0n) is 11.9. The van der Waals surface area contributed by atoms with Crippen molar-refractivity contribution in [3.63, 3.8) is 0 Å². The van der Waals surface area contributed by atoms with Gasteiger partial charge in [0.05, 0.1) is 0 Å². The van der Waals surface area contributed by atoms with Gasteiger partial charge in [0.2, 0.25) is 0 Å². The van der Waals surface area contributed by atoms with Gasteiger partial charge in [0, 0.05) is 22.0 Å². The molecule has 0 unspecified atom stereocenters. The Labute approximate surface area is 131 Å². The maximum atomic E-state index is 12.4. The van der Waals surface area contributed by atoms with Crippen molar-refractivity contribution in [2.75, 3.05) is 4.72 Å². The SMILES string of the molecule is Cc1cc(S(=O)(=O)Nc2ccc3oc(=O)ccc3c2)sc1C. The smallest absolute Gasteiger partial charge is 0.336 e. The van der Waals surface area contributed by atoms with Gasteiger partial charge in [-0.25, -0.2) is 13.2 Å². The number of sulfonamides is 1. The standard InChI is InChI=1S/C15H13NO4S2/c1-9-7-15(21-10(9)2)22(18,19)16-12-4-5-13-11(8-12)3-6-14(17)20-13/h3-8,16H,1-2H3. The second-order valence-corrected chi connectivity index (χ2v) is 8.08. The van der Waals surface area contributed by atoms with Crippen molar-refractivity contribution in [3.8, 4) is 0 Å². The van der Waals surface area contributed by atoms with Gasteiger partial charge in [-0.15, -0.1) is 11.3 Å². The van der Waals surface area contributed by atoms with Gasteiger partial charge in [0.25, 0.3) is 10.0 Å². The van der Waals surface area contributed by atoms with E-state index >= 15 is 0 Å². The summed E-state index contributed by atoms with van der Waals surface area (Å²) >= 11 is 1.24. The zero-order chi connectivity index (χ0) is 15.9. The van der Waals surface area contributed by atoms with Crippen LogP contribution in [0.15, 0.2) is 49.8 Å². The lowest BCUT2D eigenvalue weighted by Crippen LogP contribution is -2.11. The van der Waals surface area contributed by atoms with Crippen LogP contribution >= 0.6 is 11.3 Å². The van der Waals surface area contributed by atoms with Crippen LogP contribution in [0.5, 0.6) is 0 Å². The van der Waals surface area contributed by atoms with Gasteiger partial charge < -0.3 is 4.42 Å². The summed E-state index contributed by atoms with van der Waals surface area (Å²) in [5.74, 6) is 0. The molecule has 0 atom stereocenters. The molecular weight excluding hydrogens is 322 g/mol. The van der Waals surface area contributed by atoms with Crippen LogP contribution in [0.4, 0.5) is 5.69 Å². The second-order valence-electron chi connectivity index (χ2n) is 4.92. The van der Waals surface area contributed by atoms with Gasteiger partial charge >= 0.3 is 5.63 Å². The lowest BCUT2D eigenvalue weighted by molar-refractivity contribution is 0.561.